The minimum Gasteiger partial charge on any atom is -0.495 e. The van der Waals surface area contributed by atoms with Gasteiger partial charge in [0.2, 0.25) is 15.9 Å². The molecule has 1 N–H and O–H groups in total. The van der Waals surface area contributed by atoms with Gasteiger partial charge in [-0.05, 0) is 73.5 Å². The molecule has 0 aromatic heterocycles. The van der Waals surface area contributed by atoms with Gasteiger partial charge >= 0.3 is 0 Å². The third-order valence-electron chi connectivity index (χ3n) is 6.38. The van der Waals surface area contributed by atoms with Crippen molar-refractivity contribution in [2.45, 2.75) is 24.7 Å². The quantitative estimate of drug-likeness (QED) is 0.354. The highest BCUT2D eigenvalue weighted by molar-refractivity contribution is 7.89. The number of nitrogens with zero attached hydrogens (tertiary/aromatic N) is 2. The molecule has 1 amide bonds. The van der Waals surface area contributed by atoms with Gasteiger partial charge < -0.3 is 19.7 Å². The molecule has 1 saturated heterocycles. The molecule has 3 aromatic carbocycles. The van der Waals surface area contributed by atoms with E-state index in [1.165, 1.54) is 16.4 Å². The fourth-order valence-electron chi connectivity index (χ4n) is 4.33. The number of nitrogens with one attached hydrogen (secondary N) is 1. The van der Waals surface area contributed by atoms with Crippen molar-refractivity contribution in [3.05, 3.63) is 77.3 Å². The van der Waals surface area contributed by atoms with Gasteiger partial charge in [0, 0.05) is 43.3 Å². The molecule has 0 saturated carbocycles. The molecule has 1 fully saturated rings. The van der Waals surface area contributed by atoms with Crippen LogP contribution < -0.4 is 19.7 Å². The number of amides is 1. The highest BCUT2D eigenvalue weighted by Crippen LogP contribution is 2.29. The van der Waals surface area contributed by atoms with E-state index in [9.17, 15) is 13.2 Å². The maximum atomic E-state index is 13.2. The van der Waals surface area contributed by atoms with E-state index >= 15 is 0 Å². The Balaban J connectivity index is 1.25. The number of rotatable bonds is 10. The van der Waals surface area contributed by atoms with E-state index in [0.29, 0.717) is 49.9 Å². The molecule has 1 heterocycles. The van der Waals surface area contributed by atoms with E-state index in [4.69, 9.17) is 21.1 Å². The van der Waals surface area contributed by atoms with Crippen LogP contribution in [0.5, 0.6) is 11.5 Å². The number of piperazine rings is 1. The van der Waals surface area contributed by atoms with Crippen molar-refractivity contribution in [3.63, 3.8) is 0 Å². The first-order chi connectivity index (χ1) is 18.3. The van der Waals surface area contributed by atoms with Crippen LogP contribution in [0.15, 0.2) is 71.6 Å². The number of anilines is 2. The number of para-hydroxylation sites is 2. The molecule has 4 rings (SSSR count). The second-order valence-corrected chi connectivity index (χ2v) is 11.4. The Kier molecular flexibility index (Phi) is 9.14. The summed E-state index contributed by atoms with van der Waals surface area (Å²) in [5.41, 5.74) is 2.44. The van der Waals surface area contributed by atoms with Crippen LogP contribution in [-0.4, -0.2) is 58.5 Å². The van der Waals surface area contributed by atoms with Gasteiger partial charge in [-0.25, -0.2) is 8.42 Å². The molecule has 8 nitrogen and oxygen atoms in total. The predicted octanol–water partition coefficient (Wildman–Crippen LogP) is 4.97. The highest BCUT2D eigenvalue weighted by atomic mass is 35.5. The average Bonchev–Trinajstić information content (AvgIpc) is 2.92. The zero-order chi connectivity index (χ0) is 27.1. The molecule has 0 radical (unpaired) electrons. The lowest BCUT2D eigenvalue weighted by Crippen LogP contribution is -2.48. The Bertz CT molecular complexity index is 1360. The molecule has 0 unspecified atom stereocenters. The normalized spacial score (nSPS) is 14.2. The van der Waals surface area contributed by atoms with E-state index < -0.39 is 10.0 Å². The smallest absolute Gasteiger partial charge is 0.243 e. The lowest BCUT2D eigenvalue weighted by Gasteiger charge is -2.35. The molecular weight excluding hydrogens is 526 g/mol. The zero-order valence-corrected chi connectivity index (χ0v) is 23.1. The zero-order valence-electron chi connectivity index (χ0n) is 21.5. The van der Waals surface area contributed by atoms with Crippen LogP contribution >= 0.6 is 11.6 Å². The fourth-order valence-corrected chi connectivity index (χ4v) is 5.98. The molecule has 0 aliphatic carbocycles. The summed E-state index contributed by atoms with van der Waals surface area (Å²) >= 11 is 5.96. The first-order valence-corrected chi connectivity index (χ1v) is 14.3. The number of ether oxygens (including phenoxy) is 2. The minimum absolute atomic E-state index is 0.163. The second kappa shape index (κ2) is 12.5. The Morgan fingerprint density at radius 3 is 2.37 bits per heavy atom. The number of methoxy groups -OCH3 is 1. The van der Waals surface area contributed by atoms with E-state index in [2.05, 4.69) is 10.2 Å². The van der Waals surface area contributed by atoms with Gasteiger partial charge in [0.05, 0.1) is 24.3 Å². The number of benzene rings is 3. The van der Waals surface area contributed by atoms with Gasteiger partial charge in [0.25, 0.3) is 0 Å². The van der Waals surface area contributed by atoms with E-state index in [0.717, 1.165) is 22.7 Å². The Morgan fingerprint density at radius 1 is 0.974 bits per heavy atom. The monoisotopic (exact) mass is 557 g/mol. The van der Waals surface area contributed by atoms with Crippen LogP contribution in [0.2, 0.25) is 5.02 Å². The molecule has 1 aliphatic rings. The maximum absolute atomic E-state index is 13.2. The van der Waals surface area contributed by atoms with Crippen molar-refractivity contribution < 1.29 is 22.7 Å². The van der Waals surface area contributed by atoms with Crippen LogP contribution in [0.3, 0.4) is 0 Å². The molecular formula is C28H32ClN3O5S. The van der Waals surface area contributed by atoms with Gasteiger partial charge in [-0.2, -0.15) is 4.31 Å². The van der Waals surface area contributed by atoms with Gasteiger partial charge in [0.15, 0.2) is 0 Å². The van der Waals surface area contributed by atoms with Crippen LogP contribution in [0.4, 0.5) is 11.4 Å². The largest absolute Gasteiger partial charge is 0.495 e. The Morgan fingerprint density at radius 2 is 1.68 bits per heavy atom. The SMILES string of the molecule is COc1ccccc1N1CCN(S(=O)(=O)c2ccc(NC(=O)CCCOc3ccc(Cl)cc3C)cc2)CC1. The molecule has 0 bridgehead atoms. The van der Waals surface area contributed by atoms with E-state index in [1.54, 1.807) is 25.3 Å². The molecule has 0 atom stereocenters. The Hall–Kier alpha value is -3.27. The van der Waals surface area contributed by atoms with Crippen molar-refractivity contribution in [3.8, 4) is 11.5 Å². The predicted molar refractivity (Wildman–Crippen MR) is 150 cm³/mol. The summed E-state index contributed by atoms with van der Waals surface area (Å²) in [4.78, 5) is 14.7. The summed E-state index contributed by atoms with van der Waals surface area (Å²) in [7, 11) is -2.01. The number of halogens is 1. The lowest BCUT2D eigenvalue weighted by atomic mass is 10.2. The number of aryl methyl sites for hydroxylation is 1. The van der Waals surface area contributed by atoms with Crippen molar-refractivity contribution >= 4 is 38.9 Å². The molecule has 1 aliphatic heterocycles. The van der Waals surface area contributed by atoms with Crippen LogP contribution in [0.25, 0.3) is 0 Å². The third-order valence-corrected chi connectivity index (χ3v) is 8.53. The second-order valence-electron chi connectivity index (χ2n) is 9.00. The fraction of sp³-hybridized carbons (Fsp3) is 0.321. The third kappa shape index (κ3) is 6.78. The first-order valence-electron chi connectivity index (χ1n) is 12.4. The lowest BCUT2D eigenvalue weighted by molar-refractivity contribution is -0.116. The first kappa shape index (κ1) is 27.8. The van der Waals surface area contributed by atoms with Crippen LogP contribution in [0, 0.1) is 6.92 Å². The summed E-state index contributed by atoms with van der Waals surface area (Å²) in [5, 5.41) is 3.47. The van der Waals surface area contributed by atoms with Gasteiger partial charge in [0.1, 0.15) is 11.5 Å². The summed E-state index contributed by atoms with van der Waals surface area (Å²) in [6.45, 7) is 4.19. The van der Waals surface area contributed by atoms with Crippen LogP contribution in [0.1, 0.15) is 18.4 Å². The maximum Gasteiger partial charge on any atom is 0.243 e. The molecule has 10 heteroatoms. The topological polar surface area (TPSA) is 88.2 Å². The van der Waals surface area contributed by atoms with Crippen molar-refractivity contribution in [2.24, 2.45) is 0 Å². The highest BCUT2D eigenvalue weighted by Gasteiger charge is 2.29. The van der Waals surface area contributed by atoms with Crippen molar-refractivity contribution in [1.82, 2.24) is 4.31 Å². The molecule has 3 aromatic rings. The molecule has 38 heavy (non-hydrogen) atoms. The van der Waals surface area contributed by atoms with Gasteiger partial charge in [-0.1, -0.05) is 23.7 Å². The van der Waals surface area contributed by atoms with E-state index in [1.807, 2.05) is 43.3 Å². The molecule has 0 spiro atoms. The standard InChI is InChI=1S/C28H32ClN3O5S/c1-21-20-22(29)9-14-26(21)37-19-5-8-28(33)30-23-10-12-24(13-11-23)38(34,35)32-17-15-31(16-18-32)25-6-3-4-7-27(25)36-2/h3-4,6-7,9-14,20H,5,8,15-19H2,1-2H3,(H,30,33). The van der Waals surface area contributed by atoms with Crippen molar-refractivity contribution in [1.29, 1.82) is 0 Å². The van der Waals surface area contributed by atoms with Crippen LogP contribution in [-0.2, 0) is 14.8 Å². The number of sulfonamides is 1. The molecule has 202 valence electrons. The number of carbonyl (C=O) groups is 1. The summed E-state index contributed by atoms with van der Waals surface area (Å²) in [5.74, 6) is 1.35. The summed E-state index contributed by atoms with van der Waals surface area (Å²) in [6.07, 6.45) is 0.824. The van der Waals surface area contributed by atoms with Crippen molar-refractivity contribution in [2.75, 3.05) is 50.1 Å². The minimum atomic E-state index is -3.64. The van der Waals surface area contributed by atoms with Gasteiger partial charge in [-0.15, -0.1) is 0 Å². The number of hydrogen-bond donors (Lipinski definition) is 1. The van der Waals surface area contributed by atoms with E-state index in [-0.39, 0.29) is 17.2 Å². The Labute approximate surface area is 229 Å². The average molecular weight is 558 g/mol. The number of carbonyl (C=O) groups excluding carboxylic acids is 1. The summed E-state index contributed by atoms with van der Waals surface area (Å²) < 4.78 is 39.1. The summed E-state index contributed by atoms with van der Waals surface area (Å²) in [6, 6.07) is 19.4. The van der Waals surface area contributed by atoms with Gasteiger partial charge in [-0.3, -0.25) is 4.79 Å². The number of hydrogen-bond acceptors (Lipinski definition) is 6.